The van der Waals surface area contributed by atoms with Crippen LogP contribution in [0.3, 0.4) is 0 Å². The molecule has 1 aromatic heterocycles. The number of hydrogen-bond acceptors (Lipinski definition) is 6. The fourth-order valence-electron chi connectivity index (χ4n) is 3.92. The normalized spacial score (nSPS) is 21.0. The van der Waals surface area contributed by atoms with Gasteiger partial charge in [-0.05, 0) is 65.7 Å². The zero-order valence-electron chi connectivity index (χ0n) is 17.8. The molecule has 32 heavy (non-hydrogen) atoms. The lowest BCUT2D eigenvalue weighted by Gasteiger charge is -2.31. The molecule has 0 spiro atoms. The first-order valence-electron chi connectivity index (χ1n) is 10.4. The van der Waals surface area contributed by atoms with Crippen LogP contribution < -0.4 is 15.0 Å². The number of aryl methyl sites for hydroxylation is 1. The summed E-state index contributed by atoms with van der Waals surface area (Å²) in [7, 11) is 0. The number of benzene rings is 1. The third kappa shape index (κ3) is 5.13. The topological polar surface area (TPSA) is 88.2 Å². The van der Waals surface area contributed by atoms with E-state index in [9.17, 15) is 14.4 Å². The molecule has 2 aliphatic heterocycles. The average Bonchev–Trinajstić information content (AvgIpc) is 3.32. The minimum Gasteiger partial charge on any atom is -0.399 e. The summed E-state index contributed by atoms with van der Waals surface area (Å²) in [5, 5.41) is 3.23. The van der Waals surface area contributed by atoms with Gasteiger partial charge in [-0.3, -0.25) is 9.59 Å². The highest BCUT2D eigenvalue weighted by Crippen LogP contribution is 2.29. The van der Waals surface area contributed by atoms with E-state index in [1.54, 1.807) is 34.1 Å². The lowest BCUT2D eigenvalue weighted by atomic mass is 10.1. The molecule has 1 N–H and O–H groups in total. The zero-order chi connectivity index (χ0) is 22.8. The summed E-state index contributed by atoms with van der Waals surface area (Å²) in [5.41, 5.74) is 2.13. The summed E-state index contributed by atoms with van der Waals surface area (Å²) in [6, 6.07) is 8.54. The highest BCUT2D eigenvalue weighted by atomic mass is 79.9. The Balaban J connectivity index is 1.39. The van der Waals surface area contributed by atoms with Gasteiger partial charge in [0.15, 0.2) is 5.06 Å². The number of thiophene rings is 1. The van der Waals surface area contributed by atoms with Crippen LogP contribution in [0.5, 0.6) is 5.06 Å². The van der Waals surface area contributed by atoms with Gasteiger partial charge >= 0.3 is 6.09 Å². The van der Waals surface area contributed by atoms with Gasteiger partial charge in [0.05, 0.1) is 22.5 Å². The first kappa shape index (κ1) is 22.8. The smallest absolute Gasteiger partial charge is 0.399 e. The summed E-state index contributed by atoms with van der Waals surface area (Å²) >= 11 is 4.63. The van der Waals surface area contributed by atoms with Crippen molar-refractivity contribution in [3.63, 3.8) is 0 Å². The van der Waals surface area contributed by atoms with Crippen molar-refractivity contribution >= 4 is 50.9 Å². The predicted octanol–water partition coefficient (Wildman–Crippen LogP) is 3.57. The largest absolute Gasteiger partial charge is 0.413 e. The monoisotopic (exact) mass is 521 g/mol. The number of nitrogens with zero attached hydrogens (tertiary/aromatic N) is 2. The molecule has 1 aromatic carbocycles. The minimum atomic E-state index is -0.587. The molecule has 0 radical (unpaired) electrons. The Bertz CT molecular complexity index is 1040. The van der Waals surface area contributed by atoms with Crippen LogP contribution in [-0.4, -0.2) is 61.2 Å². The lowest BCUT2D eigenvalue weighted by Crippen LogP contribution is -2.44. The SMILES string of the molecule is Cc1cc(N2CC(NC(=O)Oc3ccc(Br)s3)CC2=O)ccc1C(=O)N1CCOC(C)C1. The van der Waals surface area contributed by atoms with Crippen molar-refractivity contribution in [1.82, 2.24) is 10.2 Å². The van der Waals surface area contributed by atoms with E-state index in [0.29, 0.717) is 42.6 Å². The van der Waals surface area contributed by atoms with Crippen molar-refractivity contribution in [2.75, 3.05) is 31.1 Å². The average molecular weight is 522 g/mol. The van der Waals surface area contributed by atoms with E-state index in [0.717, 1.165) is 9.35 Å². The van der Waals surface area contributed by atoms with Crippen LogP contribution in [0.2, 0.25) is 0 Å². The first-order chi connectivity index (χ1) is 15.3. The minimum absolute atomic E-state index is 0.0203. The number of ether oxygens (including phenoxy) is 2. The molecule has 3 amide bonds. The molecule has 0 saturated carbocycles. The van der Waals surface area contributed by atoms with E-state index in [4.69, 9.17) is 9.47 Å². The fourth-order valence-corrected chi connectivity index (χ4v) is 5.12. The maximum atomic E-state index is 12.9. The molecule has 2 fully saturated rings. The van der Waals surface area contributed by atoms with Gasteiger partial charge in [-0.2, -0.15) is 0 Å². The highest BCUT2D eigenvalue weighted by Gasteiger charge is 2.33. The van der Waals surface area contributed by atoms with Gasteiger partial charge in [-0.15, -0.1) is 0 Å². The van der Waals surface area contributed by atoms with Crippen LogP contribution in [0.4, 0.5) is 10.5 Å². The molecule has 8 nitrogen and oxygen atoms in total. The van der Waals surface area contributed by atoms with Gasteiger partial charge in [0.25, 0.3) is 5.91 Å². The Hall–Kier alpha value is -2.43. The quantitative estimate of drug-likeness (QED) is 0.664. The zero-order valence-corrected chi connectivity index (χ0v) is 20.2. The van der Waals surface area contributed by atoms with Crippen LogP contribution in [0.1, 0.15) is 29.3 Å². The molecule has 0 bridgehead atoms. The number of anilines is 1. The van der Waals surface area contributed by atoms with Gasteiger partial charge in [0.1, 0.15) is 0 Å². The number of rotatable bonds is 4. The van der Waals surface area contributed by atoms with Gasteiger partial charge in [0.2, 0.25) is 5.91 Å². The van der Waals surface area contributed by atoms with Crippen molar-refractivity contribution in [2.45, 2.75) is 32.4 Å². The molecule has 2 atom stereocenters. The summed E-state index contributed by atoms with van der Waals surface area (Å²) in [6.45, 7) is 5.83. The number of carbonyl (C=O) groups is 3. The van der Waals surface area contributed by atoms with Gasteiger partial charge in [0, 0.05) is 37.3 Å². The number of morpholine rings is 1. The molecule has 2 unspecified atom stereocenters. The van der Waals surface area contributed by atoms with Crippen molar-refractivity contribution < 1.29 is 23.9 Å². The van der Waals surface area contributed by atoms with Gasteiger partial charge in [-0.25, -0.2) is 4.79 Å². The fraction of sp³-hybridized carbons (Fsp3) is 0.409. The number of hydrogen-bond donors (Lipinski definition) is 1. The van der Waals surface area contributed by atoms with Crippen molar-refractivity contribution in [2.24, 2.45) is 0 Å². The molecular weight excluding hydrogens is 498 g/mol. The number of carbonyl (C=O) groups excluding carboxylic acids is 3. The third-order valence-electron chi connectivity index (χ3n) is 5.47. The Morgan fingerprint density at radius 2 is 2.06 bits per heavy atom. The van der Waals surface area contributed by atoms with Crippen molar-refractivity contribution in [3.05, 3.63) is 45.2 Å². The molecule has 10 heteroatoms. The summed E-state index contributed by atoms with van der Waals surface area (Å²) in [5.74, 6) is -0.117. The van der Waals surface area contributed by atoms with Crippen molar-refractivity contribution in [3.8, 4) is 5.06 Å². The van der Waals surface area contributed by atoms with Gasteiger partial charge < -0.3 is 24.6 Å². The van der Waals surface area contributed by atoms with Crippen molar-refractivity contribution in [1.29, 1.82) is 0 Å². The number of halogens is 1. The maximum absolute atomic E-state index is 12.9. The van der Waals surface area contributed by atoms with Crippen LogP contribution in [0, 0.1) is 6.92 Å². The Labute approximate surface area is 198 Å². The Kier molecular flexibility index (Phi) is 6.82. The van der Waals surface area contributed by atoms with Crippen LogP contribution in [0.25, 0.3) is 0 Å². The van der Waals surface area contributed by atoms with Gasteiger partial charge in [-0.1, -0.05) is 11.3 Å². The molecule has 2 saturated heterocycles. The second-order valence-corrected chi connectivity index (χ2v) is 10.4. The van der Waals surface area contributed by atoms with Crippen LogP contribution in [-0.2, 0) is 9.53 Å². The molecular formula is C22H24BrN3O5S. The van der Waals surface area contributed by atoms with E-state index in [1.165, 1.54) is 11.3 Å². The maximum Gasteiger partial charge on any atom is 0.413 e. The molecule has 2 aliphatic rings. The number of nitrogens with one attached hydrogen (secondary N) is 1. The molecule has 2 aromatic rings. The second-order valence-electron chi connectivity index (χ2n) is 7.93. The highest BCUT2D eigenvalue weighted by molar-refractivity contribution is 9.11. The predicted molar refractivity (Wildman–Crippen MR) is 124 cm³/mol. The summed E-state index contributed by atoms with van der Waals surface area (Å²) < 4.78 is 11.6. The van der Waals surface area contributed by atoms with E-state index in [-0.39, 0.29) is 30.4 Å². The standard InChI is InChI=1S/C22H24BrN3O5S/c1-13-9-16(3-4-17(13)21(28)25-7-8-30-14(2)11-25)26-12-15(10-19(26)27)24-22(29)31-20-6-5-18(23)32-20/h3-6,9,14-15H,7-8,10-12H2,1-2H3,(H,24,29). The number of amides is 3. The Morgan fingerprint density at radius 1 is 1.25 bits per heavy atom. The molecule has 0 aliphatic carbocycles. The van der Waals surface area contributed by atoms with E-state index in [1.807, 2.05) is 19.9 Å². The summed E-state index contributed by atoms with van der Waals surface area (Å²) in [4.78, 5) is 41.1. The van der Waals surface area contributed by atoms with E-state index in [2.05, 4.69) is 21.2 Å². The molecule has 4 rings (SSSR count). The van der Waals surface area contributed by atoms with Crippen LogP contribution in [0.15, 0.2) is 34.1 Å². The third-order valence-corrected chi connectivity index (χ3v) is 6.97. The van der Waals surface area contributed by atoms with E-state index >= 15 is 0 Å². The Morgan fingerprint density at radius 3 is 2.75 bits per heavy atom. The molecule has 170 valence electrons. The van der Waals surface area contributed by atoms with E-state index < -0.39 is 6.09 Å². The van der Waals surface area contributed by atoms with Crippen LogP contribution >= 0.6 is 27.3 Å². The second kappa shape index (κ2) is 9.60. The summed E-state index contributed by atoms with van der Waals surface area (Å²) in [6.07, 6.45) is -0.378. The lowest BCUT2D eigenvalue weighted by molar-refractivity contribution is -0.117. The first-order valence-corrected chi connectivity index (χ1v) is 12.0. The molecule has 3 heterocycles.